The topological polar surface area (TPSA) is 79.0 Å². The maximum Gasteiger partial charge on any atom is 0.410 e. The van der Waals surface area contributed by atoms with E-state index < -0.39 is 23.2 Å². The standard InChI is InChI=1S/C24H26FN3O4/c1-24(2,3)32-23(31)27-13-11-15(12-14-27)26-20-18(25)9-6-10-19(20)28-21(29)16-7-4-5-8-17(16)22(28)30/h4-10,15,26H,11-14H2,1-3H3. The molecule has 32 heavy (non-hydrogen) atoms. The van der Waals surface area contributed by atoms with E-state index in [1.54, 1.807) is 35.2 Å². The number of para-hydroxylation sites is 1. The monoisotopic (exact) mass is 439 g/mol. The van der Waals surface area contributed by atoms with Gasteiger partial charge in [-0.25, -0.2) is 14.1 Å². The van der Waals surface area contributed by atoms with Crippen molar-refractivity contribution in [2.75, 3.05) is 23.3 Å². The van der Waals surface area contributed by atoms with Crippen molar-refractivity contribution in [2.24, 2.45) is 0 Å². The number of hydrogen-bond donors (Lipinski definition) is 1. The zero-order chi connectivity index (χ0) is 23.0. The summed E-state index contributed by atoms with van der Waals surface area (Å²) in [6, 6.07) is 10.8. The van der Waals surface area contributed by atoms with E-state index in [4.69, 9.17) is 4.74 Å². The van der Waals surface area contributed by atoms with E-state index in [0.717, 1.165) is 4.90 Å². The Morgan fingerprint density at radius 2 is 1.59 bits per heavy atom. The molecule has 0 radical (unpaired) electrons. The average Bonchev–Trinajstić information content (AvgIpc) is 2.99. The first-order valence-corrected chi connectivity index (χ1v) is 10.7. The van der Waals surface area contributed by atoms with Gasteiger partial charge in [0.2, 0.25) is 0 Å². The maximum absolute atomic E-state index is 14.8. The minimum absolute atomic E-state index is 0.109. The molecule has 2 aliphatic heterocycles. The number of nitrogens with one attached hydrogen (secondary N) is 1. The van der Waals surface area contributed by atoms with Crippen molar-refractivity contribution < 1.29 is 23.5 Å². The van der Waals surface area contributed by atoms with Crippen molar-refractivity contribution in [1.29, 1.82) is 0 Å². The number of likely N-dealkylation sites (tertiary alicyclic amines) is 1. The van der Waals surface area contributed by atoms with E-state index in [2.05, 4.69) is 5.32 Å². The van der Waals surface area contributed by atoms with Crippen molar-refractivity contribution in [3.05, 3.63) is 59.4 Å². The maximum atomic E-state index is 14.8. The third-order valence-electron chi connectivity index (χ3n) is 5.52. The third kappa shape index (κ3) is 4.17. The van der Waals surface area contributed by atoms with Crippen molar-refractivity contribution in [1.82, 2.24) is 4.90 Å². The minimum Gasteiger partial charge on any atom is -0.444 e. The number of rotatable bonds is 3. The van der Waals surface area contributed by atoms with E-state index in [0.29, 0.717) is 37.1 Å². The molecule has 2 heterocycles. The molecule has 2 aromatic carbocycles. The number of nitrogens with zero attached hydrogens (tertiary/aromatic N) is 2. The number of hydrogen-bond acceptors (Lipinski definition) is 5. The number of carbonyl (C=O) groups is 3. The number of anilines is 2. The predicted octanol–water partition coefficient (Wildman–Crippen LogP) is 4.44. The molecule has 0 saturated carbocycles. The smallest absolute Gasteiger partial charge is 0.410 e. The normalized spacial score (nSPS) is 16.9. The van der Waals surface area contributed by atoms with Crippen LogP contribution in [0.5, 0.6) is 0 Å². The van der Waals surface area contributed by atoms with Gasteiger partial charge in [-0.15, -0.1) is 0 Å². The zero-order valence-corrected chi connectivity index (χ0v) is 18.4. The molecule has 0 unspecified atom stereocenters. The fourth-order valence-corrected chi connectivity index (χ4v) is 3.99. The molecule has 2 aliphatic rings. The fourth-order valence-electron chi connectivity index (χ4n) is 3.99. The Kier molecular flexibility index (Phi) is 5.62. The molecule has 0 atom stereocenters. The number of ether oxygens (including phenoxy) is 1. The Morgan fingerprint density at radius 3 is 2.16 bits per heavy atom. The van der Waals surface area contributed by atoms with Gasteiger partial charge < -0.3 is 15.0 Å². The molecule has 1 saturated heterocycles. The van der Waals surface area contributed by atoms with Crippen LogP contribution in [-0.4, -0.2) is 47.5 Å². The van der Waals surface area contributed by atoms with E-state index in [1.807, 2.05) is 20.8 Å². The number of halogens is 1. The molecular weight excluding hydrogens is 413 g/mol. The highest BCUT2D eigenvalue weighted by Crippen LogP contribution is 2.36. The lowest BCUT2D eigenvalue weighted by Gasteiger charge is -2.34. The van der Waals surface area contributed by atoms with Crippen molar-refractivity contribution in [2.45, 2.75) is 45.3 Å². The van der Waals surface area contributed by atoms with Crippen LogP contribution >= 0.6 is 0 Å². The van der Waals surface area contributed by atoms with E-state index in [9.17, 15) is 18.8 Å². The third-order valence-corrected chi connectivity index (χ3v) is 5.52. The Labute approximate surface area is 186 Å². The van der Waals surface area contributed by atoms with Crippen LogP contribution in [0.1, 0.15) is 54.3 Å². The summed E-state index contributed by atoms with van der Waals surface area (Å²) in [6.45, 7) is 6.38. The Morgan fingerprint density at radius 1 is 1.00 bits per heavy atom. The van der Waals surface area contributed by atoms with Crippen LogP contribution in [0.15, 0.2) is 42.5 Å². The largest absolute Gasteiger partial charge is 0.444 e. The SMILES string of the molecule is CC(C)(C)OC(=O)N1CCC(Nc2c(F)cccc2N2C(=O)c3ccccc3C2=O)CC1. The number of fused-ring (bicyclic) bond motifs is 1. The van der Waals surface area contributed by atoms with Gasteiger partial charge in [-0.2, -0.15) is 0 Å². The van der Waals surface area contributed by atoms with Gasteiger partial charge in [0.1, 0.15) is 11.4 Å². The van der Waals surface area contributed by atoms with Gasteiger partial charge in [-0.05, 0) is 57.9 Å². The quantitative estimate of drug-likeness (QED) is 0.716. The van der Waals surface area contributed by atoms with Gasteiger partial charge in [0.15, 0.2) is 0 Å². The van der Waals surface area contributed by atoms with Crippen molar-refractivity contribution in [3.63, 3.8) is 0 Å². The summed E-state index contributed by atoms with van der Waals surface area (Å²) in [6.07, 6.45) is 0.790. The first-order valence-electron chi connectivity index (χ1n) is 10.7. The van der Waals surface area contributed by atoms with E-state index >= 15 is 0 Å². The zero-order valence-electron chi connectivity index (χ0n) is 18.4. The lowest BCUT2D eigenvalue weighted by atomic mass is 10.0. The summed E-state index contributed by atoms with van der Waals surface area (Å²) in [7, 11) is 0. The van der Waals surface area contributed by atoms with Gasteiger partial charge in [0.25, 0.3) is 11.8 Å². The summed E-state index contributed by atoms with van der Waals surface area (Å²) >= 11 is 0. The highest BCUT2D eigenvalue weighted by atomic mass is 19.1. The first-order chi connectivity index (χ1) is 15.2. The van der Waals surface area contributed by atoms with Crippen LogP contribution in [0.2, 0.25) is 0 Å². The van der Waals surface area contributed by atoms with Crippen molar-refractivity contribution in [3.8, 4) is 0 Å². The summed E-state index contributed by atoms with van der Waals surface area (Å²) in [5.41, 5.74) is 0.334. The molecule has 0 bridgehead atoms. The molecule has 0 spiro atoms. The lowest BCUT2D eigenvalue weighted by molar-refractivity contribution is 0.0210. The second kappa shape index (κ2) is 8.26. The number of carbonyl (C=O) groups excluding carboxylic acids is 3. The number of piperidine rings is 1. The van der Waals surface area contributed by atoms with Crippen LogP contribution in [0.25, 0.3) is 0 Å². The highest BCUT2D eigenvalue weighted by Gasteiger charge is 2.38. The second-order valence-corrected chi connectivity index (χ2v) is 9.01. The number of amides is 3. The van der Waals surface area contributed by atoms with Gasteiger partial charge in [0.05, 0.1) is 22.5 Å². The average molecular weight is 439 g/mol. The van der Waals surface area contributed by atoms with E-state index in [-0.39, 0.29) is 23.5 Å². The van der Waals surface area contributed by atoms with Crippen LogP contribution in [0.4, 0.5) is 20.6 Å². The van der Waals surface area contributed by atoms with Crippen LogP contribution in [0, 0.1) is 5.82 Å². The summed E-state index contributed by atoms with van der Waals surface area (Å²) in [4.78, 5) is 40.7. The van der Waals surface area contributed by atoms with Crippen LogP contribution in [0.3, 0.4) is 0 Å². The lowest BCUT2D eigenvalue weighted by Crippen LogP contribution is -2.44. The predicted molar refractivity (Wildman–Crippen MR) is 118 cm³/mol. The Balaban J connectivity index is 1.51. The highest BCUT2D eigenvalue weighted by molar-refractivity contribution is 6.35. The van der Waals surface area contributed by atoms with E-state index in [1.165, 1.54) is 12.1 Å². The minimum atomic E-state index is -0.569. The van der Waals surface area contributed by atoms with Crippen molar-refractivity contribution >= 4 is 29.3 Å². The molecule has 2 aromatic rings. The molecule has 8 heteroatoms. The number of benzene rings is 2. The summed E-state index contributed by atoms with van der Waals surface area (Å²) < 4.78 is 20.3. The molecular formula is C24H26FN3O4. The molecule has 168 valence electrons. The summed E-state index contributed by atoms with van der Waals surface area (Å²) in [5, 5.41) is 3.17. The Hall–Kier alpha value is -3.42. The molecule has 1 fully saturated rings. The molecule has 0 aromatic heterocycles. The summed E-state index contributed by atoms with van der Waals surface area (Å²) in [5.74, 6) is -1.49. The molecule has 7 nitrogen and oxygen atoms in total. The molecule has 0 aliphatic carbocycles. The van der Waals surface area contributed by atoms with Gasteiger partial charge in [-0.1, -0.05) is 18.2 Å². The molecule has 3 amide bonds. The first kappa shape index (κ1) is 21.8. The van der Waals surface area contributed by atoms with Gasteiger partial charge in [-0.3, -0.25) is 9.59 Å². The number of imide groups is 1. The molecule has 1 N–H and O–H groups in total. The van der Waals surface area contributed by atoms with Crippen LogP contribution < -0.4 is 10.2 Å². The van der Waals surface area contributed by atoms with Gasteiger partial charge in [0, 0.05) is 19.1 Å². The van der Waals surface area contributed by atoms with Crippen LogP contribution in [-0.2, 0) is 4.74 Å². The molecule has 4 rings (SSSR count). The Bertz CT molecular complexity index is 1040. The van der Waals surface area contributed by atoms with Gasteiger partial charge >= 0.3 is 6.09 Å². The second-order valence-electron chi connectivity index (χ2n) is 9.01. The fraction of sp³-hybridized carbons (Fsp3) is 0.375.